The van der Waals surface area contributed by atoms with Gasteiger partial charge in [-0.05, 0) is 36.8 Å². The Hall–Kier alpha value is -1.46. The number of hydrogen-bond donors (Lipinski definition) is 2. The molecule has 6 heteroatoms. The van der Waals surface area contributed by atoms with Crippen molar-refractivity contribution in [1.29, 1.82) is 0 Å². The van der Waals surface area contributed by atoms with Crippen LogP contribution in [0, 0.1) is 5.41 Å². The lowest BCUT2D eigenvalue weighted by Gasteiger charge is -2.35. The van der Waals surface area contributed by atoms with Gasteiger partial charge in [0.1, 0.15) is 11.6 Å². The van der Waals surface area contributed by atoms with E-state index in [9.17, 15) is 13.2 Å². The molecular weight excluding hydrogens is 267 g/mol. The largest absolute Gasteiger partial charge is 0.416 e. The summed E-state index contributed by atoms with van der Waals surface area (Å²) in [5.41, 5.74) is 4.91. The van der Waals surface area contributed by atoms with Gasteiger partial charge < -0.3 is 11.1 Å². The molecule has 0 aliphatic heterocycles. The average Bonchev–Trinajstić information content (AvgIpc) is 2.25. The molecule has 0 spiro atoms. The molecule has 0 saturated heterocycles. The second-order valence-electron chi connectivity index (χ2n) is 6.27. The molecule has 3 N–H and O–H groups in total. The predicted molar refractivity (Wildman–Crippen MR) is 73.3 cm³/mol. The van der Waals surface area contributed by atoms with E-state index >= 15 is 0 Å². The van der Waals surface area contributed by atoms with E-state index in [0.717, 1.165) is 37.8 Å². The van der Waals surface area contributed by atoms with Crippen molar-refractivity contribution in [2.45, 2.75) is 51.7 Å². The first-order valence-electron chi connectivity index (χ1n) is 6.77. The van der Waals surface area contributed by atoms with Gasteiger partial charge in [-0.1, -0.05) is 20.3 Å². The fraction of sp³-hybridized carbons (Fsp3) is 0.643. The van der Waals surface area contributed by atoms with E-state index in [1.54, 1.807) is 0 Å². The van der Waals surface area contributed by atoms with E-state index < -0.39 is 11.7 Å². The highest BCUT2D eigenvalue weighted by Crippen LogP contribution is 2.37. The molecule has 3 nitrogen and oxygen atoms in total. The minimum absolute atomic E-state index is 0.114. The summed E-state index contributed by atoms with van der Waals surface area (Å²) in [6.07, 6.45) is -0.326. The Labute approximate surface area is 116 Å². The van der Waals surface area contributed by atoms with E-state index in [1.807, 2.05) is 0 Å². The van der Waals surface area contributed by atoms with Gasteiger partial charge in [-0.2, -0.15) is 13.2 Å². The monoisotopic (exact) mass is 287 g/mol. The van der Waals surface area contributed by atoms with Crippen LogP contribution in [-0.4, -0.2) is 11.0 Å². The number of rotatable bonds is 2. The van der Waals surface area contributed by atoms with Crippen molar-refractivity contribution >= 4 is 11.6 Å². The molecule has 2 rings (SSSR count). The quantitative estimate of drug-likeness (QED) is 0.862. The summed E-state index contributed by atoms with van der Waals surface area (Å²) < 4.78 is 38.2. The second-order valence-corrected chi connectivity index (χ2v) is 6.27. The maximum absolute atomic E-state index is 12.7. The van der Waals surface area contributed by atoms with Gasteiger partial charge in [0.25, 0.3) is 0 Å². The van der Waals surface area contributed by atoms with Gasteiger partial charge in [0.2, 0.25) is 0 Å². The zero-order valence-corrected chi connectivity index (χ0v) is 11.7. The summed E-state index contributed by atoms with van der Waals surface area (Å²) in [5, 5.41) is 3.10. The van der Waals surface area contributed by atoms with Crippen molar-refractivity contribution in [2.24, 2.45) is 5.41 Å². The number of nitrogens with two attached hydrogens (primary N) is 1. The van der Waals surface area contributed by atoms with Crippen molar-refractivity contribution < 1.29 is 13.2 Å². The lowest BCUT2D eigenvalue weighted by molar-refractivity contribution is -0.137. The Morgan fingerprint density at radius 3 is 2.65 bits per heavy atom. The molecule has 0 amide bonds. The van der Waals surface area contributed by atoms with Crippen LogP contribution in [-0.2, 0) is 6.18 Å². The fourth-order valence-electron chi connectivity index (χ4n) is 2.82. The van der Waals surface area contributed by atoms with Gasteiger partial charge in [-0.3, -0.25) is 0 Å². The van der Waals surface area contributed by atoms with E-state index in [1.165, 1.54) is 0 Å². The lowest BCUT2D eigenvalue weighted by atomic mass is 9.75. The molecule has 1 aliphatic carbocycles. The van der Waals surface area contributed by atoms with E-state index in [4.69, 9.17) is 5.73 Å². The minimum Gasteiger partial charge on any atom is -0.384 e. The van der Waals surface area contributed by atoms with Crippen LogP contribution in [0.5, 0.6) is 0 Å². The lowest BCUT2D eigenvalue weighted by Crippen LogP contribution is -2.32. The van der Waals surface area contributed by atoms with Crippen LogP contribution in [0.4, 0.5) is 24.8 Å². The first kappa shape index (κ1) is 14.9. The number of pyridine rings is 1. The third-order valence-corrected chi connectivity index (χ3v) is 3.73. The van der Waals surface area contributed by atoms with E-state index in [0.29, 0.717) is 0 Å². The van der Waals surface area contributed by atoms with Crippen LogP contribution in [0.25, 0.3) is 0 Å². The number of halogens is 3. The molecule has 1 fully saturated rings. The first-order chi connectivity index (χ1) is 9.16. The molecule has 1 aliphatic rings. The van der Waals surface area contributed by atoms with Gasteiger partial charge >= 0.3 is 6.18 Å². The molecule has 1 heterocycles. The molecule has 0 radical (unpaired) electrons. The maximum atomic E-state index is 12.7. The molecule has 1 aromatic rings. The summed E-state index contributed by atoms with van der Waals surface area (Å²) in [5.74, 6) is 0.0948. The summed E-state index contributed by atoms with van der Waals surface area (Å²) in [6.45, 7) is 4.35. The molecule has 0 bridgehead atoms. The summed E-state index contributed by atoms with van der Waals surface area (Å²) in [4.78, 5) is 3.96. The van der Waals surface area contributed by atoms with Gasteiger partial charge in [-0.25, -0.2) is 4.98 Å². The van der Waals surface area contributed by atoms with Crippen molar-refractivity contribution in [3.8, 4) is 0 Å². The third-order valence-electron chi connectivity index (χ3n) is 3.73. The van der Waals surface area contributed by atoms with Crippen LogP contribution in [0.3, 0.4) is 0 Å². The summed E-state index contributed by atoms with van der Waals surface area (Å²) in [6, 6.07) is 2.03. The molecule has 20 heavy (non-hydrogen) atoms. The maximum Gasteiger partial charge on any atom is 0.416 e. The average molecular weight is 287 g/mol. The Balaban J connectivity index is 2.15. The zero-order valence-electron chi connectivity index (χ0n) is 11.7. The summed E-state index contributed by atoms with van der Waals surface area (Å²) >= 11 is 0. The van der Waals surface area contributed by atoms with Crippen molar-refractivity contribution in [3.63, 3.8) is 0 Å². The number of hydrogen-bond acceptors (Lipinski definition) is 3. The zero-order chi connectivity index (χ0) is 15.0. The molecule has 112 valence electrons. The van der Waals surface area contributed by atoms with Crippen molar-refractivity contribution in [3.05, 3.63) is 17.7 Å². The van der Waals surface area contributed by atoms with Crippen LogP contribution >= 0.6 is 0 Å². The Kier molecular flexibility index (Phi) is 3.84. The second kappa shape index (κ2) is 5.14. The Morgan fingerprint density at radius 1 is 1.35 bits per heavy atom. The minimum atomic E-state index is -4.40. The molecule has 1 unspecified atom stereocenters. The number of aromatic nitrogens is 1. The molecule has 1 aromatic heterocycles. The normalized spacial score (nSPS) is 22.6. The van der Waals surface area contributed by atoms with Crippen LogP contribution in [0.15, 0.2) is 12.1 Å². The first-order valence-corrected chi connectivity index (χ1v) is 6.77. The number of nitrogen functional groups attached to an aromatic ring is 1. The van der Waals surface area contributed by atoms with Gasteiger partial charge in [0.05, 0.1) is 5.56 Å². The number of nitrogens with zero attached hydrogens (tertiary/aromatic N) is 1. The molecular formula is C14H20F3N3. The van der Waals surface area contributed by atoms with Gasteiger partial charge in [-0.15, -0.1) is 0 Å². The molecule has 1 saturated carbocycles. The SMILES string of the molecule is CC1(C)CCCC(Nc2cc(C(F)(F)F)cc(N)n2)C1. The predicted octanol–water partition coefficient (Wildman–Crippen LogP) is 4.06. The highest BCUT2D eigenvalue weighted by atomic mass is 19.4. The standard InChI is InChI=1S/C14H20F3N3/c1-13(2)5-3-4-10(8-13)19-12-7-9(14(15,16)17)6-11(18)20-12/h6-7,10H,3-5,8H2,1-2H3,(H3,18,19,20). The van der Waals surface area contributed by atoms with Crippen LogP contribution in [0.1, 0.15) is 45.1 Å². The van der Waals surface area contributed by atoms with E-state index in [-0.39, 0.29) is 23.1 Å². The Morgan fingerprint density at radius 2 is 2.05 bits per heavy atom. The van der Waals surface area contributed by atoms with Gasteiger partial charge in [0.15, 0.2) is 0 Å². The Bertz CT molecular complexity index is 483. The van der Waals surface area contributed by atoms with Crippen molar-refractivity contribution in [1.82, 2.24) is 4.98 Å². The van der Waals surface area contributed by atoms with Crippen molar-refractivity contribution in [2.75, 3.05) is 11.1 Å². The highest BCUT2D eigenvalue weighted by Gasteiger charge is 2.32. The smallest absolute Gasteiger partial charge is 0.384 e. The number of anilines is 2. The van der Waals surface area contributed by atoms with Crippen LogP contribution in [0.2, 0.25) is 0 Å². The topological polar surface area (TPSA) is 50.9 Å². The molecule has 1 atom stereocenters. The highest BCUT2D eigenvalue weighted by molar-refractivity contribution is 5.48. The van der Waals surface area contributed by atoms with E-state index in [2.05, 4.69) is 24.1 Å². The third kappa shape index (κ3) is 3.77. The fourth-order valence-corrected chi connectivity index (χ4v) is 2.82. The molecule has 0 aromatic carbocycles. The van der Waals surface area contributed by atoms with Crippen LogP contribution < -0.4 is 11.1 Å². The number of alkyl halides is 3. The van der Waals surface area contributed by atoms with Gasteiger partial charge in [0, 0.05) is 6.04 Å². The number of nitrogens with one attached hydrogen (secondary N) is 1. The summed E-state index contributed by atoms with van der Waals surface area (Å²) in [7, 11) is 0.